The molecule has 0 aromatic rings. The van der Waals surface area contributed by atoms with Crippen molar-refractivity contribution < 1.29 is 8.09 Å². The Bertz CT molecular complexity index is 31.0. The Kier molecular flexibility index (Phi) is 1.38. The average Bonchev–Trinajstić information content (AvgIpc) is 0.811. The van der Waals surface area contributed by atoms with Crippen LogP contribution in [-0.2, 0) is 11.4 Å². The molecule has 0 saturated heterocycles. The third-order valence-electron chi connectivity index (χ3n) is 0. The van der Waals surface area contributed by atoms with E-state index in [4.69, 9.17) is 9.35 Å². The van der Waals surface area contributed by atoms with Gasteiger partial charge in [0.2, 0.25) is 0 Å². The Morgan fingerprint density at radius 3 is 2.00 bits per heavy atom. The van der Waals surface area contributed by atoms with Crippen molar-refractivity contribution in [2.45, 2.75) is 0 Å². The van der Waals surface area contributed by atoms with Gasteiger partial charge in [0.15, 0.2) is 0 Å². The molecule has 0 rings (SSSR count). The van der Waals surface area contributed by atoms with Crippen LogP contribution in [0.1, 0.15) is 0 Å². The van der Waals surface area contributed by atoms with E-state index in [1.807, 2.05) is 0 Å². The minimum absolute atomic E-state index is 2.86. The van der Waals surface area contributed by atoms with Crippen LogP contribution >= 0.6 is 0 Å². The van der Waals surface area contributed by atoms with Gasteiger partial charge in [0.05, 0.1) is 0 Å². The first-order chi connectivity index (χ1) is 1.73. The van der Waals surface area contributed by atoms with Crippen LogP contribution in [0.2, 0.25) is 0 Å². The average molecular weight is 82.1 g/mol. The lowest BCUT2D eigenvalue weighted by Gasteiger charge is -1.73. The van der Waals surface area contributed by atoms with Crippen molar-refractivity contribution in [2.24, 2.45) is 0 Å². The molecule has 4 heteroatoms. The van der Waals surface area contributed by atoms with Gasteiger partial charge in [0.1, 0.15) is 11.4 Å². The van der Waals surface area contributed by atoms with E-state index in [1.54, 1.807) is 0 Å². The molecule has 4 heavy (non-hydrogen) atoms. The molecule has 0 heterocycles. The zero-order valence-corrected chi connectivity index (χ0v) is 2.51. The highest BCUT2D eigenvalue weighted by atomic mass is 32.2. The number of halogens is 1. The zero-order chi connectivity index (χ0) is 3.58. The fourth-order valence-electron chi connectivity index (χ4n) is 0. The van der Waals surface area contributed by atoms with Crippen molar-refractivity contribution in [2.75, 3.05) is 0 Å². The lowest BCUT2D eigenvalue weighted by atomic mass is 14.0. The molecule has 0 bridgehead atoms. The third-order valence-corrected chi connectivity index (χ3v) is 0. The van der Waals surface area contributed by atoms with Gasteiger partial charge < -0.3 is 5.14 Å². The van der Waals surface area contributed by atoms with Crippen LogP contribution < -0.4 is 0 Å². The molecular weight excluding hydrogens is 81.1 g/mol. The summed E-state index contributed by atoms with van der Waals surface area (Å²) < 4.78 is 18.7. The number of hydrogen-bond donors (Lipinski definition) is 0. The third kappa shape index (κ3) is 1380. The van der Waals surface area contributed by atoms with Crippen LogP contribution in [0, 0.1) is 0 Å². The molecule has 0 amide bonds. The van der Waals surface area contributed by atoms with E-state index in [0.717, 1.165) is 0 Å². The molecule has 0 fully saturated rings. The van der Waals surface area contributed by atoms with Gasteiger partial charge in [-0.25, -0.2) is 4.21 Å². The van der Waals surface area contributed by atoms with Gasteiger partial charge >= 0.3 is 0 Å². The second-order valence-electron chi connectivity index (χ2n) is 0.223. The second kappa shape index (κ2) is 1.37. The maximum absolute atomic E-state index is 10.1. The van der Waals surface area contributed by atoms with E-state index in [2.05, 4.69) is 0 Å². The zero-order valence-electron chi connectivity index (χ0n) is 1.69. The minimum atomic E-state index is -2.86. The molecule has 2 nitrogen and oxygen atoms in total. The van der Waals surface area contributed by atoms with Crippen molar-refractivity contribution in [1.82, 2.24) is 0 Å². The van der Waals surface area contributed by atoms with E-state index in [0.29, 0.717) is 0 Å². The molecular formula is HFNOS-. The molecule has 0 radical (unpaired) electrons. The van der Waals surface area contributed by atoms with Gasteiger partial charge in [-0.15, -0.1) is 0 Å². The van der Waals surface area contributed by atoms with Crippen LogP contribution in [0.15, 0.2) is 0 Å². The number of nitrogens with one attached hydrogen (secondary N) is 1. The summed E-state index contributed by atoms with van der Waals surface area (Å²) in [5.74, 6) is 0. The maximum atomic E-state index is 10.1. The van der Waals surface area contributed by atoms with Gasteiger partial charge in [-0.2, -0.15) is 3.89 Å². The Hall–Kier alpha value is 0.0400. The van der Waals surface area contributed by atoms with E-state index in [-0.39, 0.29) is 0 Å². The van der Waals surface area contributed by atoms with E-state index in [1.165, 1.54) is 0 Å². The van der Waals surface area contributed by atoms with Gasteiger partial charge in [0.25, 0.3) is 0 Å². The first-order valence-electron chi connectivity index (χ1n) is 0.525. The van der Waals surface area contributed by atoms with Crippen LogP contribution in [0.3, 0.4) is 0 Å². The summed E-state index contributed by atoms with van der Waals surface area (Å²) in [4.78, 5) is 0. The Morgan fingerprint density at radius 1 is 2.00 bits per heavy atom. The molecule has 0 saturated carbocycles. The number of hydrogen-bond acceptors (Lipinski definition) is 1. The van der Waals surface area contributed by atoms with Crippen LogP contribution in [0.4, 0.5) is 3.89 Å². The summed E-state index contributed by atoms with van der Waals surface area (Å²) in [7, 11) is 0. The smallest absolute Gasteiger partial charge is 0.101 e. The molecule has 0 aliphatic rings. The molecule has 0 aromatic carbocycles. The Morgan fingerprint density at radius 2 is 2.00 bits per heavy atom. The standard InChI is InChI=1S/FHNOS/c1-4(2)3/h2H/q-1. The highest BCUT2D eigenvalue weighted by Crippen LogP contribution is 1.72. The summed E-state index contributed by atoms with van der Waals surface area (Å²) in [6.45, 7) is 0. The molecule has 0 aliphatic heterocycles. The monoisotopic (exact) mass is 82.0 g/mol. The molecule has 26 valence electrons. The first kappa shape index (κ1) is 4.04. The van der Waals surface area contributed by atoms with Crippen LogP contribution in [0.25, 0.3) is 5.14 Å². The van der Waals surface area contributed by atoms with Crippen LogP contribution in [0.5, 0.6) is 0 Å². The van der Waals surface area contributed by atoms with Gasteiger partial charge in [-0.3, -0.25) is 0 Å². The van der Waals surface area contributed by atoms with Gasteiger partial charge in [0, 0.05) is 0 Å². The number of rotatable bonds is 0. The normalized spacial score (nSPS) is 15.5. The molecule has 1 atom stereocenters. The molecule has 0 spiro atoms. The van der Waals surface area contributed by atoms with Gasteiger partial charge in [-0.1, -0.05) is 0 Å². The van der Waals surface area contributed by atoms with Crippen molar-refractivity contribution in [3.05, 3.63) is 5.14 Å². The largest absolute Gasteiger partial charge is 0.562 e. The maximum Gasteiger partial charge on any atom is 0.101 e. The van der Waals surface area contributed by atoms with E-state index >= 15 is 0 Å². The molecule has 0 aliphatic carbocycles. The van der Waals surface area contributed by atoms with Crippen molar-refractivity contribution in [3.63, 3.8) is 0 Å². The van der Waals surface area contributed by atoms with Gasteiger partial charge in [-0.05, 0) is 0 Å². The SMILES string of the molecule is [NH-]S(=O)F. The Balaban J connectivity index is 2.80. The second-order valence-corrected chi connectivity index (χ2v) is 0.670. The predicted octanol–water partition coefficient (Wildman–Crippen LogP) is 0.587. The summed E-state index contributed by atoms with van der Waals surface area (Å²) >= 11 is -2.86. The van der Waals surface area contributed by atoms with Crippen molar-refractivity contribution in [3.8, 4) is 0 Å². The lowest BCUT2D eigenvalue weighted by Crippen LogP contribution is -1.50. The summed E-state index contributed by atoms with van der Waals surface area (Å²) in [6.07, 6.45) is 0. The lowest BCUT2D eigenvalue weighted by molar-refractivity contribution is 0.657. The molecule has 1 unspecified atom stereocenters. The predicted molar refractivity (Wildman–Crippen MR) is 13.6 cm³/mol. The topological polar surface area (TPSA) is 40.9 Å². The fraction of sp³-hybridized carbons (Fsp3) is 0. The fourth-order valence-corrected chi connectivity index (χ4v) is 0. The Labute approximate surface area is 25.7 Å². The molecule has 0 aromatic heterocycles. The van der Waals surface area contributed by atoms with E-state index < -0.39 is 11.4 Å². The minimum Gasteiger partial charge on any atom is -0.562 e. The van der Waals surface area contributed by atoms with Crippen molar-refractivity contribution in [1.29, 1.82) is 0 Å². The molecule has 1 N–H and O–H groups in total. The highest BCUT2D eigenvalue weighted by Gasteiger charge is 1.49. The summed E-state index contributed by atoms with van der Waals surface area (Å²) in [6, 6.07) is 0. The first-order valence-corrected chi connectivity index (χ1v) is 1.58. The summed E-state index contributed by atoms with van der Waals surface area (Å²) in [5, 5.41) is 5.39. The van der Waals surface area contributed by atoms with Crippen molar-refractivity contribution >= 4 is 11.4 Å². The highest BCUT2D eigenvalue weighted by molar-refractivity contribution is 7.81. The quantitative estimate of drug-likeness (QED) is 0.394. The van der Waals surface area contributed by atoms with E-state index in [9.17, 15) is 3.89 Å². The van der Waals surface area contributed by atoms with Crippen LogP contribution in [-0.4, -0.2) is 4.21 Å². The summed E-state index contributed by atoms with van der Waals surface area (Å²) in [5.41, 5.74) is 0.